The van der Waals surface area contributed by atoms with Gasteiger partial charge in [0.05, 0.1) is 23.7 Å². The molecule has 4 aromatic rings. The fourth-order valence-corrected chi connectivity index (χ4v) is 4.89. The quantitative estimate of drug-likeness (QED) is 0.358. The topological polar surface area (TPSA) is 110 Å². The zero-order chi connectivity index (χ0) is 24.0. The third-order valence-corrected chi connectivity index (χ3v) is 7.02. The largest absolute Gasteiger partial charge is 0.494 e. The van der Waals surface area contributed by atoms with Gasteiger partial charge >= 0.3 is 0 Å². The molecule has 2 aromatic heterocycles. The lowest BCUT2D eigenvalue weighted by Gasteiger charge is -2.10. The summed E-state index contributed by atoms with van der Waals surface area (Å²) in [6.45, 7) is 2.68. The normalized spacial score (nSPS) is 11.1. The fraction of sp³-hybridized carbons (Fsp3) is 0.125. The number of hydrogen-bond acceptors (Lipinski definition) is 7. The maximum atomic E-state index is 12.7. The molecule has 0 saturated carbocycles. The Labute approximate surface area is 201 Å². The van der Waals surface area contributed by atoms with Gasteiger partial charge in [-0.15, -0.1) is 11.3 Å². The van der Waals surface area contributed by atoms with Crippen LogP contribution in [0.5, 0.6) is 5.75 Å². The first kappa shape index (κ1) is 23.4. The number of benzene rings is 2. The van der Waals surface area contributed by atoms with Crippen LogP contribution in [-0.4, -0.2) is 30.9 Å². The van der Waals surface area contributed by atoms with E-state index in [0.29, 0.717) is 23.6 Å². The Morgan fingerprint density at radius 3 is 2.38 bits per heavy atom. The second-order valence-corrected chi connectivity index (χ2v) is 9.76. The van der Waals surface area contributed by atoms with Gasteiger partial charge in [-0.3, -0.25) is 14.5 Å². The minimum atomic E-state index is -3.80. The van der Waals surface area contributed by atoms with E-state index < -0.39 is 10.0 Å². The Kier molecular flexibility index (Phi) is 7.19. The second kappa shape index (κ2) is 10.4. The second-order valence-electron chi connectivity index (χ2n) is 7.13. The van der Waals surface area contributed by atoms with E-state index in [9.17, 15) is 13.2 Å². The van der Waals surface area contributed by atoms with Gasteiger partial charge in [0.2, 0.25) is 0 Å². The number of pyridine rings is 1. The Morgan fingerprint density at radius 1 is 1.00 bits per heavy atom. The highest BCUT2D eigenvalue weighted by Crippen LogP contribution is 2.22. The van der Waals surface area contributed by atoms with Crippen molar-refractivity contribution in [3.8, 4) is 17.0 Å². The minimum Gasteiger partial charge on any atom is -0.494 e. The number of nitrogens with one attached hydrogen (secondary N) is 2. The maximum absolute atomic E-state index is 12.7. The van der Waals surface area contributed by atoms with Gasteiger partial charge in [-0.25, -0.2) is 13.4 Å². The van der Waals surface area contributed by atoms with Crippen LogP contribution in [0.2, 0.25) is 0 Å². The van der Waals surface area contributed by atoms with Gasteiger partial charge in [-0.2, -0.15) is 0 Å². The summed E-state index contributed by atoms with van der Waals surface area (Å²) in [4.78, 5) is 21.1. The SMILES string of the molecule is CCOc1ccc(NS(=O)(=O)c2ccc(C(=O)NCc3nc(-c4ccncc4)cs3)cc2)cc1. The average Bonchev–Trinajstić information content (AvgIpc) is 3.34. The van der Waals surface area contributed by atoms with E-state index in [1.54, 1.807) is 36.7 Å². The highest BCUT2D eigenvalue weighted by atomic mass is 32.2. The number of ether oxygens (including phenoxy) is 1. The average molecular weight is 495 g/mol. The summed E-state index contributed by atoms with van der Waals surface area (Å²) in [6.07, 6.45) is 3.40. The molecule has 34 heavy (non-hydrogen) atoms. The predicted molar refractivity (Wildman–Crippen MR) is 131 cm³/mol. The molecule has 0 aliphatic carbocycles. The number of hydrogen-bond donors (Lipinski definition) is 2. The number of amides is 1. The Morgan fingerprint density at radius 2 is 1.71 bits per heavy atom. The number of carbonyl (C=O) groups is 1. The molecule has 10 heteroatoms. The minimum absolute atomic E-state index is 0.0554. The molecule has 0 unspecified atom stereocenters. The molecule has 2 heterocycles. The smallest absolute Gasteiger partial charge is 0.261 e. The van der Waals surface area contributed by atoms with Crippen LogP contribution in [0.1, 0.15) is 22.3 Å². The molecule has 0 bridgehead atoms. The van der Waals surface area contributed by atoms with Crippen LogP contribution in [0, 0.1) is 0 Å². The van der Waals surface area contributed by atoms with Crippen molar-refractivity contribution in [2.24, 2.45) is 0 Å². The van der Waals surface area contributed by atoms with Crippen molar-refractivity contribution in [1.29, 1.82) is 0 Å². The predicted octanol–water partition coefficient (Wildman–Crippen LogP) is 4.33. The lowest BCUT2D eigenvalue weighted by molar-refractivity contribution is 0.0950. The van der Waals surface area contributed by atoms with Crippen LogP contribution >= 0.6 is 11.3 Å². The van der Waals surface area contributed by atoms with Gasteiger partial charge < -0.3 is 10.1 Å². The molecule has 0 fully saturated rings. The monoisotopic (exact) mass is 494 g/mol. The lowest BCUT2D eigenvalue weighted by Crippen LogP contribution is -2.22. The number of nitrogens with zero attached hydrogens (tertiary/aromatic N) is 2. The number of thiazole rings is 1. The molecule has 174 valence electrons. The number of aromatic nitrogens is 2. The van der Waals surface area contributed by atoms with Crippen molar-refractivity contribution in [3.05, 3.63) is 89.0 Å². The number of rotatable bonds is 9. The van der Waals surface area contributed by atoms with Crippen molar-refractivity contribution in [2.75, 3.05) is 11.3 Å². The van der Waals surface area contributed by atoms with Crippen molar-refractivity contribution in [1.82, 2.24) is 15.3 Å². The van der Waals surface area contributed by atoms with Gasteiger partial charge in [-0.05, 0) is 67.6 Å². The molecule has 2 N–H and O–H groups in total. The zero-order valence-corrected chi connectivity index (χ0v) is 19.9. The molecular formula is C24H22N4O4S2. The van der Waals surface area contributed by atoms with Crippen LogP contribution in [0.4, 0.5) is 5.69 Å². The van der Waals surface area contributed by atoms with E-state index in [0.717, 1.165) is 16.3 Å². The van der Waals surface area contributed by atoms with Gasteiger partial charge in [0.25, 0.3) is 15.9 Å². The molecule has 0 saturated heterocycles. The van der Waals surface area contributed by atoms with Gasteiger partial charge in [0.15, 0.2) is 0 Å². The third kappa shape index (κ3) is 5.77. The molecule has 4 rings (SSSR count). The van der Waals surface area contributed by atoms with E-state index in [-0.39, 0.29) is 17.3 Å². The zero-order valence-electron chi connectivity index (χ0n) is 18.3. The molecule has 1 amide bonds. The Hall–Kier alpha value is -3.76. The van der Waals surface area contributed by atoms with Crippen molar-refractivity contribution in [2.45, 2.75) is 18.4 Å². The summed E-state index contributed by atoms with van der Waals surface area (Å²) in [6, 6.07) is 16.1. The van der Waals surface area contributed by atoms with Crippen LogP contribution < -0.4 is 14.8 Å². The summed E-state index contributed by atoms with van der Waals surface area (Å²) >= 11 is 1.45. The molecule has 8 nitrogen and oxygen atoms in total. The number of sulfonamides is 1. The summed E-state index contributed by atoms with van der Waals surface area (Å²) in [5.74, 6) is 0.344. The van der Waals surface area contributed by atoms with E-state index in [2.05, 4.69) is 20.0 Å². The summed E-state index contributed by atoms with van der Waals surface area (Å²) < 4.78 is 33.2. The van der Waals surface area contributed by atoms with E-state index >= 15 is 0 Å². The summed E-state index contributed by atoms with van der Waals surface area (Å²) in [5.41, 5.74) is 2.55. The first-order chi connectivity index (χ1) is 16.4. The Balaban J connectivity index is 1.36. The molecule has 0 spiro atoms. The van der Waals surface area contributed by atoms with E-state index in [1.807, 2.05) is 24.4 Å². The summed E-state index contributed by atoms with van der Waals surface area (Å²) in [7, 11) is -3.80. The van der Waals surface area contributed by atoms with Gasteiger partial charge in [-0.1, -0.05) is 0 Å². The van der Waals surface area contributed by atoms with Crippen LogP contribution in [0.15, 0.2) is 83.3 Å². The van der Waals surface area contributed by atoms with Crippen LogP contribution in [-0.2, 0) is 16.6 Å². The lowest BCUT2D eigenvalue weighted by atomic mass is 10.2. The number of anilines is 1. The maximum Gasteiger partial charge on any atom is 0.261 e. The van der Waals surface area contributed by atoms with Crippen LogP contribution in [0.25, 0.3) is 11.3 Å². The first-order valence-corrected chi connectivity index (χ1v) is 12.8. The standard InChI is InChI=1S/C24H22N4O4S2/c1-2-32-20-7-5-19(6-8-20)28-34(30,31)21-9-3-18(4-10-21)24(29)26-15-23-27-22(16-33-23)17-11-13-25-14-12-17/h3-14,16,28H,2,15H2,1H3,(H,26,29). The number of carbonyl (C=O) groups excluding carboxylic acids is 1. The van der Waals surface area contributed by atoms with Crippen molar-refractivity contribution >= 4 is 33.0 Å². The fourth-order valence-electron chi connectivity index (χ4n) is 3.09. The van der Waals surface area contributed by atoms with Crippen molar-refractivity contribution in [3.63, 3.8) is 0 Å². The molecule has 2 aromatic carbocycles. The summed E-state index contributed by atoms with van der Waals surface area (Å²) in [5, 5.41) is 5.50. The Bertz CT molecular complexity index is 1350. The highest BCUT2D eigenvalue weighted by molar-refractivity contribution is 7.92. The van der Waals surface area contributed by atoms with Gasteiger partial charge in [0, 0.05) is 34.6 Å². The van der Waals surface area contributed by atoms with E-state index in [1.165, 1.54) is 35.6 Å². The van der Waals surface area contributed by atoms with E-state index in [4.69, 9.17) is 4.74 Å². The first-order valence-electron chi connectivity index (χ1n) is 10.4. The highest BCUT2D eigenvalue weighted by Gasteiger charge is 2.16. The third-order valence-electron chi connectivity index (χ3n) is 4.77. The molecule has 0 aliphatic rings. The molecular weight excluding hydrogens is 472 g/mol. The molecule has 0 radical (unpaired) electrons. The van der Waals surface area contributed by atoms with Crippen molar-refractivity contribution < 1.29 is 17.9 Å². The molecule has 0 aliphatic heterocycles. The van der Waals surface area contributed by atoms with Crippen LogP contribution in [0.3, 0.4) is 0 Å². The van der Waals surface area contributed by atoms with Gasteiger partial charge in [0.1, 0.15) is 10.8 Å². The molecule has 0 atom stereocenters.